The Labute approximate surface area is 162 Å². The number of carbonyl (C=O) groups is 3. The van der Waals surface area contributed by atoms with Crippen LogP contribution in [0.25, 0.3) is 0 Å². The van der Waals surface area contributed by atoms with Gasteiger partial charge in [-0.3, -0.25) is 14.4 Å². The summed E-state index contributed by atoms with van der Waals surface area (Å²) in [5.74, 6) is -0.967. The van der Waals surface area contributed by atoms with Gasteiger partial charge in [-0.15, -0.1) is 11.3 Å². The van der Waals surface area contributed by atoms with Gasteiger partial charge in [0.15, 0.2) is 6.61 Å². The normalized spacial score (nSPS) is 10.2. The topological polar surface area (TPSA) is 108 Å². The Kier molecular flexibility index (Phi) is 7.61. The SMILES string of the molecule is NC(=O)c1ccsc1NC(=O)COC(=O)CCCOc1cccc(Br)c1. The first-order valence-corrected chi connectivity index (χ1v) is 9.34. The number of nitrogens with one attached hydrogen (secondary N) is 1. The van der Waals surface area contributed by atoms with Crippen LogP contribution in [0, 0.1) is 0 Å². The monoisotopic (exact) mass is 440 g/mol. The van der Waals surface area contributed by atoms with Gasteiger partial charge in [0, 0.05) is 10.9 Å². The van der Waals surface area contributed by atoms with E-state index in [1.807, 2.05) is 24.3 Å². The van der Waals surface area contributed by atoms with E-state index in [1.165, 1.54) is 6.07 Å². The number of benzene rings is 1. The number of anilines is 1. The van der Waals surface area contributed by atoms with Crippen LogP contribution in [0.4, 0.5) is 5.00 Å². The third-order valence-corrected chi connectivity index (χ3v) is 4.46. The van der Waals surface area contributed by atoms with Gasteiger partial charge in [0.25, 0.3) is 11.8 Å². The lowest BCUT2D eigenvalue weighted by molar-refractivity contribution is -0.147. The number of hydrogen-bond donors (Lipinski definition) is 2. The molecule has 1 aromatic carbocycles. The van der Waals surface area contributed by atoms with Crippen molar-refractivity contribution in [1.29, 1.82) is 0 Å². The minimum atomic E-state index is -0.635. The summed E-state index contributed by atoms with van der Waals surface area (Å²) in [7, 11) is 0. The van der Waals surface area contributed by atoms with Gasteiger partial charge in [-0.25, -0.2) is 0 Å². The second kappa shape index (κ2) is 9.93. The molecule has 7 nitrogen and oxygen atoms in total. The van der Waals surface area contributed by atoms with Crippen molar-refractivity contribution in [3.05, 3.63) is 45.7 Å². The van der Waals surface area contributed by atoms with E-state index in [0.717, 1.165) is 15.8 Å². The van der Waals surface area contributed by atoms with Gasteiger partial charge in [0.1, 0.15) is 10.8 Å². The number of ether oxygens (including phenoxy) is 2. The molecular weight excluding hydrogens is 424 g/mol. The first-order valence-electron chi connectivity index (χ1n) is 7.67. The Morgan fingerprint density at radius 2 is 2.04 bits per heavy atom. The molecule has 0 aliphatic heterocycles. The van der Waals surface area contributed by atoms with Crippen molar-refractivity contribution in [3.8, 4) is 5.75 Å². The molecule has 0 fully saturated rings. The van der Waals surface area contributed by atoms with Crippen LogP contribution in [0.3, 0.4) is 0 Å². The van der Waals surface area contributed by atoms with E-state index >= 15 is 0 Å². The van der Waals surface area contributed by atoms with Crippen LogP contribution in [-0.4, -0.2) is 31.0 Å². The number of carbonyl (C=O) groups excluding carboxylic acids is 3. The lowest BCUT2D eigenvalue weighted by Crippen LogP contribution is -2.22. The van der Waals surface area contributed by atoms with Gasteiger partial charge < -0.3 is 20.5 Å². The van der Waals surface area contributed by atoms with E-state index in [-0.39, 0.29) is 12.0 Å². The summed E-state index contributed by atoms with van der Waals surface area (Å²) in [4.78, 5) is 34.6. The number of amides is 2. The van der Waals surface area contributed by atoms with Crippen LogP contribution in [-0.2, 0) is 14.3 Å². The number of halogens is 1. The molecule has 1 aromatic heterocycles. The van der Waals surface area contributed by atoms with Gasteiger partial charge in [-0.05, 0) is 36.1 Å². The molecule has 9 heteroatoms. The average molecular weight is 441 g/mol. The number of primary amides is 1. The molecule has 2 rings (SSSR count). The summed E-state index contributed by atoms with van der Waals surface area (Å²) in [6.07, 6.45) is 0.594. The molecule has 0 bridgehead atoms. The zero-order valence-corrected chi connectivity index (χ0v) is 16.1. The van der Waals surface area contributed by atoms with Crippen LogP contribution >= 0.6 is 27.3 Å². The van der Waals surface area contributed by atoms with E-state index in [2.05, 4.69) is 21.2 Å². The molecule has 0 saturated carbocycles. The standard InChI is InChI=1S/C17H17BrN2O5S/c18-11-3-1-4-12(9-11)24-7-2-5-15(22)25-10-14(21)20-17-13(16(19)23)6-8-26-17/h1,3-4,6,8-9H,2,5,7,10H2,(H2,19,23)(H,20,21). The van der Waals surface area contributed by atoms with E-state index in [4.69, 9.17) is 15.2 Å². The highest BCUT2D eigenvalue weighted by Crippen LogP contribution is 2.22. The molecule has 0 radical (unpaired) electrons. The molecule has 2 aromatic rings. The molecular formula is C17H17BrN2O5S. The fourth-order valence-corrected chi connectivity index (χ4v) is 3.13. The molecule has 2 amide bonds. The van der Waals surface area contributed by atoms with E-state index in [1.54, 1.807) is 5.38 Å². The fourth-order valence-electron chi connectivity index (χ4n) is 1.94. The van der Waals surface area contributed by atoms with Crippen LogP contribution in [0.15, 0.2) is 40.2 Å². The summed E-state index contributed by atoms with van der Waals surface area (Å²) in [6.45, 7) is -0.0731. The molecule has 26 heavy (non-hydrogen) atoms. The highest BCUT2D eigenvalue weighted by atomic mass is 79.9. The quantitative estimate of drug-likeness (QED) is 0.460. The zero-order valence-electron chi connectivity index (χ0n) is 13.7. The van der Waals surface area contributed by atoms with Crippen molar-refractivity contribution in [2.24, 2.45) is 5.73 Å². The van der Waals surface area contributed by atoms with E-state index in [9.17, 15) is 14.4 Å². The Hall–Kier alpha value is -2.39. The van der Waals surface area contributed by atoms with Crippen molar-refractivity contribution in [2.75, 3.05) is 18.5 Å². The third kappa shape index (κ3) is 6.49. The first kappa shape index (κ1) is 19.9. The number of thiophene rings is 1. The van der Waals surface area contributed by atoms with Gasteiger partial charge in [0.05, 0.1) is 12.2 Å². The van der Waals surface area contributed by atoms with Gasteiger partial charge >= 0.3 is 5.97 Å². The van der Waals surface area contributed by atoms with Gasteiger partial charge in [-0.1, -0.05) is 22.0 Å². The summed E-state index contributed by atoms with van der Waals surface area (Å²) >= 11 is 4.51. The zero-order chi connectivity index (χ0) is 18.9. The molecule has 0 atom stereocenters. The number of rotatable bonds is 9. The van der Waals surface area contributed by atoms with Crippen LogP contribution < -0.4 is 15.8 Å². The van der Waals surface area contributed by atoms with Gasteiger partial charge in [-0.2, -0.15) is 0 Å². The molecule has 138 valence electrons. The molecule has 1 heterocycles. The van der Waals surface area contributed by atoms with Crippen LogP contribution in [0.5, 0.6) is 5.75 Å². The molecule has 3 N–H and O–H groups in total. The lowest BCUT2D eigenvalue weighted by Gasteiger charge is -2.07. The van der Waals surface area contributed by atoms with E-state index in [0.29, 0.717) is 23.8 Å². The molecule has 0 aliphatic rings. The third-order valence-electron chi connectivity index (χ3n) is 3.14. The largest absolute Gasteiger partial charge is 0.494 e. The minimum absolute atomic E-state index is 0.132. The second-order valence-electron chi connectivity index (χ2n) is 5.15. The fraction of sp³-hybridized carbons (Fsp3) is 0.235. The number of esters is 1. The lowest BCUT2D eigenvalue weighted by atomic mass is 10.3. The van der Waals surface area contributed by atoms with Crippen LogP contribution in [0.1, 0.15) is 23.2 Å². The summed E-state index contributed by atoms with van der Waals surface area (Å²) < 4.78 is 11.3. The highest BCUT2D eigenvalue weighted by molar-refractivity contribution is 9.10. The Bertz CT molecular complexity index is 793. The summed E-state index contributed by atoms with van der Waals surface area (Å²) in [5.41, 5.74) is 5.41. The average Bonchev–Trinajstić information content (AvgIpc) is 3.05. The second-order valence-corrected chi connectivity index (χ2v) is 6.98. The predicted octanol–water partition coefficient (Wildman–Crippen LogP) is 2.95. The van der Waals surface area contributed by atoms with Crippen molar-refractivity contribution in [1.82, 2.24) is 0 Å². The molecule has 0 aliphatic carbocycles. The molecule has 0 spiro atoms. The summed E-state index contributed by atoms with van der Waals surface area (Å²) in [5, 5.41) is 4.46. The Morgan fingerprint density at radius 3 is 2.77 bits per heavy atom. The van der Waals surface area contributed by atoms with E-state index < -0.39 is 24.4 Å². The maximum absolute atomic E-state index is 11.8. The maximum atomic E-state index is 11.8. The number of hydrogen-bond acceptors (Lipinski definition) is 6. The Balaban J connectivity index is 1.64. The smallest absolute Gasteiger partial charge is 0.306 e. The Morgan fingerprint density at radius 1 is 1.23 bits per heavy atom. The highest BCUT2D eigenvalue weighted by Gasteiger charge is 2.13. The van der Waals surface area contributed by atoms with Crippen molar-refractivity contribution >= 4 is 50.1 Å². The maximum Gasteiger partial charge on any atom is 0.306 e. The van der Waals surface area contributed by atoms with Crippen molar-refractivity contribution in [2.45, 2.75) is 12.8 Å². The van der Waals surface area contributed by atoms with Crippen molar-refractivity contribution < 1.29 is 23.9 Å². The van der Waals surface area contributed by atoms with Crippen molar-refractivity contribution in [3.63, 3.8) is 0 Å². The predicted molar refractivity (Wildman–Crippen MR) is 101 cm³/mol. The molecule has 0 unspecified atom stereocenters. The first-order chi connectivity index (χ1) is 12.5. The summed E-state index contributed by atoms with van der Waals surface area (Å²) in [6, 6.07) is 8.90. The number of nitrogens with two attached hydrogens (primary N) is 1. The minimum Gasteiger partial charge on any atom is -0.494 e. The van der Waals surface area contributed by atoms with Crippen LogP contribution in [0.2, 0.25) is 0 Å². The molecule has 0 saturated heterocycles. The van der Waals surface area contributed by atoms with Gasteiger partial charge in [0.2, 0.25) is 0 Å².